The molecule has 0 saturated carbocycles. The first-order chi connectivity index (χ1) is 21.4. The number of carbonyl (C=O) groups excluding carboxylic acids is 2. The number of esters is 2. The third kappa shape index (κ3) is 31.3. The Morgan fingerprint density at radius 2 is 1.07 bits per heavy atom. The van der Waals surface area contributed by atoms with E-state index in [0.29, 0.717) is 19.3 Å². The number of unbranched alkanes of at least 4 members (excludes halogenated alkanes) is 8. The van der Waals surface area contributed by atoms with Gasteiger partial charge in [0.15, 0.2) is 0 Å². The minimum absolute atomic E-state index is 0.143. The lowest BCUT2D eigenvalue weighted by Crippen LogP contribution is -2.25. The molecule has 0 aliphatic rings. The van der Waals surface area contributed by atoms with Crippen molar-refractivity contribution in [3.8, 4) is 0 Å². The van der Waals surface area contributed by atoms with Gasteiger partial charge in [-0.25, -0.2) is 0 Å². The summed E-state index contributed by atoms with van der Waals surface area (Å²) in [6.45, 7) is 6.37. The van der Waals surface area contributed by atoms with Crippen LogP contribution in [0, 0.1) is 5.92 Å². The van der Waals surface area contributed by atoms with Crippen molar-refractivity contribution in [2.75, 3.05) is 13.2 Å². The van der Waals surface area contributed by atoms with Crippen LogP contribution in [0.25, 0.3) is 0 Å². The molecule has 0 aliphatic carbocycles. The number of hydrogen-bond donors (Lipinski definition) is 2. The fraction of sp³-hybridized carbons (Fsp3) is 0.737. The van der Waals surface area contributed by atoms with E-state index >= 15 is 0 Å². The van der Waals surface area contributed by atoms with Crippen LogP contribution in [0.15, 0.2) is 48.6 Å². The van der Waals surface area contributed by atoms with Crippen LogP contribution in [-0.4, -0.2) is 47.6 Å². The highest BCUT2D eigenvalue weighted by Gasteiger charge is 2.12. The number of aliphatic hydroxyl groups is 2. The van der Waals surface area contributed by atoms with Gasteiger partial charge in [0.25, 0.3) is 0 Å². The average Bonchev–Trinajstić information content (AvgIpc) is 3.01. The van der Waals surface area contributed by atoms with Gasteiger partial charge >= 0.3 is 11.9 Å². The highest BCUT2D eigenvalue weighted by Crippen LogP contribution is 2.15. The van der Waals surface area contributed by atoms with Gasteiger partial charge in [-0.15, -0.1) is 0 Å². The molecule has 0 rings (SSSR count). The molecular weight excluding hydrogens is 552 g/mol. The van der Waals surface area contributed by atoms with E-state index in [0.717, 1.165) is 70.1 Å². The number of allylic oxidation sites excluding steroid dienone is 7. The Bertz CT molecular complexity index is 784. The Morgan fingerprint density at radius 1 is 0.591 bits per heavy atom. The molecule has 0 bridgehead atoms. The highest BCUT2D eigenvalue weighted by molar-refractivity contribution is 5.69. The third-order valence-electron chi connectivity index (χ3n) is 7.66. The van der Waals surface area contributed by atoms with Gasteiger partial charge in [-0.05, 0) is 57.3 Å². The fourth-order valence-electron chi connectivity index (χ4n) is 4.60. The van der Waals surface area contributed by atoms with Crippen LogP contribution in [0.2, 0.25) is 0 Å². The van der Waals surface area contributed by atoms with E-state index in [4.69, 9.17) is 9.47 Å². The molecule has 2 N–H and O–H groups in total. The maximum Gasteiger partial charge on any atom is 0.305 e. The maximum absolute atomic E-state index is 11.9. The van der Waals surface area contributed by atoms with Crippen LogP contribution in [0.4, 0.5) is 0 Å². The van der Waals surface area contributed by atoms with E-state index < -0.39 is 6.10 Å². The van der Waals surface area contributed by atoms with Crippen LogP contribution in [0.5, 0.6) is 0 Å². The monoisotopic (exact) mass is 618 g/mol. The van der Waals surface area contributed by atoms with Gasteiger partial charge in [0, 0.05) is 12.8 Å². The molecule has 0 saturated heterocycles. The molecule has 0 amide bonds. The molecule has 0 aromatic carbocycles. The lowest BCUT2D eigenvalue weighted by molar-refractivity contribution is -0.152. The molecule has 6 nitrogen and oxygen atoms in total. The summed E-state index contributed by atoms with van der Waals surface area (Å²) in [6.07, 6.45) is 35.1. The van der Waals surface area contributed by atoms with E-state index in [9.17, 15) is 19.8 Å². The van der Waals surface area contributed by atoms with Crippen molar-refractivity contribution in [3.05, 3.63) is 48.6 Å². The molecule has 0 fully saturated rings. The Morgan fingerprint density at radius 3 is 1.61 bits per heavy atom. The third-order valence-corrected chi connectivity index (χ3v) is 7.66. The lowest BCUT2D eigenvalue weighted by Gasteiger charge is -2.12. The van der Waals surface area contributed by atoms with Crippen molar-refractivity contribution < 1.29 is 29.3 Å². The summed E-state index contributed by atoms with van der Waals surface area (Å²) < 4.78 is 10.2. The van der Waals surface area contributed by atoms with Crippen molar-refractivity contribution >= 4 is 11.9 Å². The van der Waals surface area contributed by atoms with Gasteiger partial charge < -0.3 is 19.7 Å². The molecule has 0 heterocycles. The highest BCUT2D eigenvalue weighted by atomic mass is 16.6. The normalized spacial score (nSPS) is 14.2. The number of ether oxygens (including phenoxy) is 2. The zero-order valence-corrected chi connectivity index (χ0v) is 28.4. The van der Waals surface area contributed by atoms with Crippen molar-refractivity contribution in [1.82, 2.24) is 0 Å². The lowest BCUT2D eigenvalue weighted by atomic mass is 9.99. The minimum Gasteiger partial charge on any atom is -0.463 e. The summed E-state index contributed by atoms with van der Waals surface area (Å²) in [6, 6.07) is 0. The van der Waals surface area contributed by atoms with E-state index in [1.807, 2.05) is 0 Å². The molecule has 0 spiro atoms. The van der Waals surface area contributed by atoms with Gasteiger partial charge in [0.05, 0.1) is 6.10 Å². The van der Waals surface area contributed by atoms with E-state index in [1.54, 1.807) is 0 Å². The SMILES string of the molecule is CCCC(O)C/C=C\C/C=C\C/C=C\C/C=C\CCCC(=O)OC[C@@H](O)COC(=O)CCCCCCCCCCC(C)CC. The van der Waals surface area contributed by atoms with Gasteiger partial charge in [-0.1, -0.05) is 134 Å². The van der Waals surface area contributed by atoms with Crippen molar-refractivity contribution in [3.63, 3.8) is 0 Å². The van der Waals surface area contributed by atoms with Crippen molar-refractivity contribution in [2.45, 2.75) is 161 Å². The Kier molecular flexibility index (Phi) is 30.6. The summed E-state index contributed by atoms with van der Waals surface area (Å²) >= 11 is 0. The number of carbonyl (C=O) groups is 2. The number of hydrogen-bond acceptors (Lipinski definition) is 6. The predicted molar refractivity (Wildman–Crippen MR) is 183 cm³/mol. The molecule has 0 aliphatic heterocycles. The van der Waals surface area contributed by atoms with Crippen LogP contribution in [0.1, 0.15) is 149 Å². The Balaban J connectivity index is 3.61. The van der Waals surface area contributed by atoms with Crippen LogP contribution in [0.3, 0.4) is 0 Å². The maximum atomic E-state index is 11.9. The second-order valence-electron chi connectivity index (χ2n) is 12.1. The molecule has 254 valence electrons. The second-order valence-corrected chi connectivity index (χ2v) is 12.1. The van der Waals surface area contributed by atoms with Crippen molar-refractivity contribution in [1.29, 1.82) is 0 Å². The summed E-state index contributed by atoms with van der Waals surface area (Å²) in [5, 5.41) is 19.6. The van der Waals surface area contributed by atoms with E-state index in [2.05, 4.69) is 69.4 Å². The fourth-order valence-corrected chi connectivity index (χ4v) is 4.60. The average molecular weight is 619 g/mol. The van der Waals surface area contributed by atoms with Crippen LogP contribution < -0.4 is 0 Å². The molecule has 6 heteroatoms. The minimum atomic E-state index is -0.995. The van der Waals surface area contributed by atoms with E-state index in [1.165, 1.54) is 44.9 Å². The van der Waals surface area contributed by atoms with Crippen LogP contribution >= 0.6 is 0 Å². The summed E-state index contributed by atoms with van der Waals surface area (Å²) in [5.41, 5.74) is 0. The summed E-state index contributed by atoms with van der Waals surface area (Å²) in [5.74, 6) is 0.198. The quantitative estimate of drug-likeness (QED) is 0.0473. The Labute approximate surface area is 270 Å². The van der Waals surface area contributed by atoms with Crippen molar-refractivity contribution in [2.24, 2.45) is 5.92 Å². The molecule has 44 heavy (non-hydrogen) atoms. The standard InChI is InChI=1S/C38H66O6/c1-4-27-35(39)29-24-20-16-11-9-7-6-8-10-12-17-21-25-30-37(41)43-32-36(40)33-44-38(42)31-26-22-18-14-13-15-19-23-28-34(3)5-2/h6,8-9,11-12,17,20,24,34-36,39-40H,4-5,7,10,13-16,18-19,21-23,25-33H2,1-3H3/b8-6-,11-9-,17-12-,24-20-/t34?,35?,36-/m1/s1. The predicted octanol–water partition coefficient (Wildman–Crippen LogP) is 9.50. The topological polar surface area (TPSA) is 93.1 Å². The molecule has 0 aromatic heterocycles. The zero-order valence-electron chi connectivity index (χ0n) is 28.4. The zero-order chi connectivity index (χ0) is 32.5. The van der Waals surface area contributed by atoms with Gasteiger partial charge in [0.1, 0.15) is 19.3 Å². The van der Waals surface area contributed by atoms with Gasteiger partial charge in [-0.2, -0.15) is 0 Å². The summed E-state index contributed by atoms with van der Waals surface area (Å²) in [4.78, 5) is 23.8. The van der Waals surface area contributed by atoms with Gasteiger partial charge in [-0.3, -0.25) is 9.59 Å². The second kappa shape index (κ2) is 32.2. The largest absolute Gasteiger partial charge is 0.463 e. The smallest absolute Gasteiger partial charge is 0.305 e. The molecule has 0 aromatic rings. The van der Waals surface area contributed by atoms with E-state index in [-0.39, 0.29) is 31.3 Å². The van der Waals surface area contributed by atoms with Gasteiger partial charge in [0.2, 0.25) is 0 Å². The molecule has 3 atom stereocenters. The molecular formula is C38H66O6. The molecule has 0 radical (unpaired) electrons. The summed E-state index contributed by atoms with van der Waals surface area (Å²) in [7, 11) is 0. The Hall–Kier alpha value is -2.18. The first kappa shape index (κ1) is 41.8. The number of rotatable bonds is 30. The van der Waals surface area contributed by atoms with Crippen LogP contribution in [-0.2, 0) is 19.1 Å². The number of aliphatic hydroxyl groups excluding tert-OH is 2. The first-order valence-corrected chi connectivity index (χ1v) is 17.7. The molecule has 2 unspecified atom stereocenters. The first-order valence-electron chi connectivity index (χ1n) is 17.7.